The van der Waals surface area contributed by atoms with Crippen LogP contribution in [0.4, 0.5) is 0 Å². The fourth-order valence-corrected chi connectivity index (χ4v) is 3.90. The van der Waals surface area contributed by atoms with Crippen molar-refractivity contribution < 1.29 is 0 Å². The van der Waals surface area contributed by atoms with E-state index in [2.05, 4.69) is 57.5 Å². The average molecular weight is 302 g/mol. The molecule has 0 radical (unpaired) electrons. The van der Waals surface area contributed by atoms with Crippen LogP contribution in [0, 0.1) is 0 Å². The Labute approximate surface area is 130 Å². The minimum atomic E-state index is 0.392. The Morgan fingerprint density at radius 3 is 2.76 bits per heavy atom. The summed E-state index contributed by atoms with van der Waals surface area (Å²) in [4.78, 5) is 4.02. The van der Waals surface area contributed by atoms with Gasteiger partial charge in [0.2, 0.25) is 0 Å². The van der Waals surface area contributed by atoms with Crippen molar-refractivity contribution in [2.24, 2.45) is 0 Å². The fraction of sp³-hybridized carbons (Fsp3) is 0.500. The number of hydrogen-bond donors (Lipinski definition) is 1. The summed E-state index contributed by atoms with van der Waals surface area (Å²) >= 11 is 2.07. The number of nitrogens with zero attached hydrogens (tertiary/aromatic N) is 3. The predicted octanol–water partition coefficient (Wildman–Crippen LogP) is 2.89. The van der Waals surface area contributed by atoms with Crippen LogP contribution in [0.1, 0.15) is 30.9 Å². The Bertz CT molecular complexity index is 508. The molecule has 5 heteroatoms. The summed E-state index contributed by atoms with van der Waals surface area (Å²) in [5, 5.41) is 8.06. The highest BCUT2D eigenvalue weighted by Gasteiger charge is 2.19. The molecule has 4 nitrogen and oxygen atoms in total. The molecule has 1 aromatic carbocycles. The number of hydrogen-bond acceptors (Lipinski definition) is 4. The van der Waals surface area contributed by atoms with E-state index in [1.54, 1.807) is 12.7 Å². The van der Waals surface area contributed by atoms with Crippen LogP contribution in [0.15, 0.2) is 43.0 Å². The first kappa shape index (κ1) is 14.6. The summed E-state index contributed by atoms with van der Waals surface area (Å²) < 4.78 is 1.91. The van der Waals surface area contributed by atoms with Gasteiger partial charge in [0, 0.05) is 18.6 Å². The molecule has 2 aromatic rings. The molecule has 2 heterocycles. The Morgan fingerprint density at radius 1 is 1.24 bits per heavy atom. The smallest absolute Gasteiger partial charge is 0.137 e. The molecule has 0 saturated carbocycles. The summed E-state index contributed by atoms with van der Waals surface area (Å²) in [5.74, 6) is 2.56. The van der Waals surface area contributed by atoms with Gasteiger partial charge in [0.1, 0.15) is 12.7 Å². The molecule has 1 fully saturated rings. The summed E-state index contributed by atoms with van der Waals surface area (Å²) in [6.07, 6.45) is 6.98. The van der Waals surface area contributed by atoms with Gasteiger partial charge in [-0.05, 0) is 36.3 Å². The van der Waals surface area contributed by atoms with Crippen LogP contribution in [0.2, 0.25) is 0 Å². The zero-order chi connectivity index (χ0) is 14.3. The first-order valence-electron chi connectivity index (χ1n) is 7.63. The van der Waals surface area contributed by atoms with Crippen LogP contribution < -0.4 is 5.32 Å². The fourth-order valence-electron chi connectivity index (χ4n) is 2.79. The lowest BCUT2D eigenvalue weighted by Crippen LogP contribution is -2.36. The molecule has 1 atom stereocenters. The van der Waals surface area contributed by atoms with Crippen molar-refractivity contribution in [2.45, 2.75) is 37.9 Å². The summed E-state index contributed by atoms with van der Waals surface area (Å²) in [7, 11) is 0. The van der Waals surface area contributed by atoms with Crippen molar-refractivity contribution in [1.29, 1.82) is 0 Å². The third-order valence-corrected chi connectivity index (χ3v) is 5.02. The molecule has 21 heavy (non-hydrogen) atoms. The molecule has 1 unspecified atom stereocenters. The van der Waals surface area contributed by atoms with Crippen LogP contribution in [0.5, 0.6) is 0 Å². The highest BCUT2D eigenvalue weighted by atomic mass is 32.2. The van der Waals surface area contributed by atoms with Crippen molar-refractivity contribution in [3.05, 3.63) is 48.5 Å². The molecule has 1 saturated heterocycles. The summed E-state index contributed by atoms with van der Waals surface area (Å²) in [6.45, 7) is 0.897. The number of nitrogens with one attached hydrogen (secondary N) is 1. The van der Waals surface area contributed by atoms with Gasteiger partial charge in [-0.3, -0.25) is 4.68 Å². The predicted molar refractivity (Wildman–Crippen MR) is 87.3 cm³/mol. The zero-order valence-electron chi connectivity index (χ0n) is 12.2. The highest BCUT2D eigenvalue weighted by Crippen LogP contribution is 2.23. The molecule has 1 aliphatic rings. The van der Waals surface area contributed by atoms with Crippen molar-refractivity contribution in [3.63, 3.8) is 0 Å². The standard InChI is InChI=1S/C16H22N4S/c1-2-4-14(5-3-1)16(6-9-20-13-17-12-18-20)19-15-7-10-21-11-8-15/h1-5,12-13,15-16,19H,6-11H2. The van der Waals surface area contributed by atoms with Crippen LogP contribution in [-0.2, 0) is 6.54 Å². The Balaban J connectivity index is 1.65. The molecular formula is C16H22N4S. The van der Waals surface area contributed by atoms with Gasteiger partial charge < -0.3 is 5.32 Å². The molecule has 0 spiro atoms. The lowest BCUT2D eigenvalue weighted by Gasteiger charge is -2.28. The van der Waals surface area contributed by atoms with Crippen molar-refractivity contribution in [1.82, 2.24) is 20.1 Å². The lowest BCUT2D eigenvalue weighted by molar-refractivity contribution is 0.376. The van der Waals surface area contributed by atoms with Gasteiger partial charge in [0.15, 0.2) is 0 Å². The van der Waals surface area contributed by atoms with E-state index < -0.39 is 0 Å². The van der Waals surface area contributed by atoms with Gasteiger partial charge in [0.25, 0.3) is 0 Å². The molecule has 1 aromatic heterocycles. The second kappa shape index (κ2) is 7.61. The van der Waals surface area contributed by atoms with Gasteiger partial charge in [-0.2, -0.15) is 16.9 Å². The number of rotatable bonds is 6. The monoisotopic (exact) mass is 302 g/mol. The van der Waals surface area contributed by atoms with E-state index in [0.29, 0.717) is 12.1 Å². The number of benzene rings is 1. The van der Waals surface area contributed by atoms with E-state index in [4.69, 9.17) is 0 Å². The maximum absolute atomic E-state index is 4.20. The second-order valence-corrected chi connectivity index (χ2v) is 6.69. The van der Waals surface area contributed by atoms with Gasteiger partial charge in [-0.15, -0.1) is 0 Å². The first-order chi connectivity index (χ1) is 10.4. The number of aromatic nitrogens is 3. The van der Waals surface area contributed by atoms with Crippen LogP contribution >= 0.6 is 11.8 Å². The largest absolute Gasteiger partial charge is 0.307 e. The molecule has 0 aliphatic carbocycles. The van der Waals surface area contributed by atoms with Gasteiger partial charge in [-0.1, -0.05) is 30.3 Å². The van der Waals surface area contributed by atoms with Gasteiger partial charge in [0.05, 0.1) is 0 Å². The van der Waals surface area contributed by atoms with Crippen molar-refractivity contribution in [3.8, 4) is 0 Å². The van der Waals surface area contributed by atoms with E-state index in [9.17, 15) is 0 Å². The second-order valence-electron chi connectivity index (χ2n) is 5.46. The number of thioether (sulfide) groups is 1. The lowest BCUT2D eigenvalue weighted by atomic mass is 10.0. The zero-order valence-corrected chi connectivity index (χ0v) is 13.0. The topological polar surface area (TPSA) is 42.7 Å². The van der Waals surface area contributed by atoms with Crippen molar-refractivity contribution in [2.75, 3.05) is 11.5 Å². The third kappa shape index (κ3) is 4.32. The maximum atomic E-state index is 4.20. The minimum Gasteiger partial charge on any atom is -0.307 e. The third-order valence-electron chi connectivity index (χ3n) is 3.97. The molecule has 112 valence electrons. The van der Waals surface area contributed by atoms with E-state index in [1.165, 1.54) is 29.9 Å². The molecule has 3 rings (SSSR count). The van der Waals surface area contributed by atoms with Crippen LogP contribution in [-0.4, -0.2) is 32.3 Å². The minimum absolute atomic E-state index is 0.392. The first-order valence-corrected chi connectivity index (χ1v) is 8.78. The summed E-state index contributed by atoms with van der Waals surface area (Å²) in [6, 6.07) is 11.8. The SMILES string of the molecule is c1ccc(C(CCn2cncn2)NC2CCSCC2)cc1. The highest BCUT2D eigenvalue weighted by molar-refractivity contribution is 7.99. The Hall–Kier alpha value is -1.33. The molecular weight excluding hydrogens is 280 g/mol. The Kier molecular flexibility index (Phi) is 5.29. The van der Waals surface area contributed by atoms with Gasteiger partial charge in [-0.25, -0.2) is 4.98 Å². The molecule has 1 aliphatic heterocycles. The average Bonchev–Trinajstić information content (AvgIpc) is 3.07. The normalized spacial score (nSPS) is 17.7. The molecule has 0 bridgehead atoms. The van der Waals surface area contributed by atoms with E-state index in [-0.39, 0.29) is 0 Å². The molecule has 1 N–H and O–H groups in total. The number of aryl methyl sites for hydroxylation is 1. The van der Waals surface area contributed by atoms with Crippen LogP contribution in [0.3, 0.4) is 0 Å². The van der Waals surface area contributed by atoms with E-state index in [0.717, 1.165) is 13.0 Å². The van der Waals surface area contributed by atoms with Crippen LogP contribution in [0.25, 0.3) is 0 Å². The Morgan fingerprint density at radius 2 is 2.05 bits per heavy atom. The van der Waals surface area contributed by atoms with Gasteiger partial charge >= 0.3 is 0 Å². The summed E-state index contributed by atoms with van der Waals surface area (Å²) in [5.41, 5.74) is 1.37. The molecule has 0 amide bonds. The maximum Gasteiger partial charge on any atom is 0.137 e. The van der Waals surface area contributed by atoms with E-state index >= 15 is 0 Å². The van der Waals surface area contributed by atoms with E-state index in [1.807, 2.05) is 4.68 Å². The van der Waals surface area contributed by atoms with Crippen molar-refractivity contribution >= 4 is 11.8 Å². The quantitative estimate of drug-likeness (QED) is 0.891.